The number of aromatic hydroxyl groups is 1. The van der Waals surface area contributed by atoms with E-state index in [1.54, 1.807) is 0 Å². The molecular formula is C24H35N7O9. The third-order valence-electron chi connectivity index (χ3n) is 5.65. The van der Waals surface area contributed by atoms with Crippen LogP contribution in [-0.4, -0.2) is 75.8 Å². The summed E-state index contributed by atoms with van der Waals surface area (Å²) in [5.41, 5.74) is 21.6. The Bertz CT molecular complexity index is 1090. The number of phenolic OH excluding ortho intramolecular Hbond substituents is 1. The lowest BCUT2D eigenvalue weighted by Crippen LogP contribution is -2.57. The minimum Gasteiger partial charge on any atom is -0.508 e. The average Bonchev–Trinajstić information content (AvgIpc) is 2.87. The number of primary amides is 3. The summed E-state index contributed by atoms with van der Waals surface area (Å²) in [6.45, 7) is 0. The number of nitrogens with one attached hydrogen (secondary N) is 3. The van der Waals surface area contributed by atoms with Crippen LogP contribution in [0.25, 0.3) is 0 Å². The maximum Gasteiger partial charge on any atom is 0.326 e. The van der Waals surface area contributed by atoms with Gasteiger partial charge in [0, 0.05) is 25.7 Å². The van der Waals surface area contributed by atoms with Gasteiger partial charge in [-0.25, -0.2) is 4.79 Å². The van der Waals surface area contributed by atoms with Crippen LogP contribution in [0.5, 0.6) is 5.75 Å². The molecule has 0 radical (unpaired) electrons. The molecule has 0 aliphatic heterocycles. The van der Waals surface area contributed by atoms with Crippen molar-refractivity contribution in [1.29, 1.82) is 0 Å². The van der Waals surface area contributed by atoms with Crippen LogP contribution in [0.2, 0.25) is 0 Å². The second kappa shape index (κ2) is 16.3. The van der Waals surface area contributed by atoms with Gasteiger partial charge < -0.3 is 49.1 Å². The first-order chi connectivity index (χ1) is 18.7. The van der Waals surface area contributed by atoms with Gasteiger partial charge in [0.15, 0.2) is 0 Å². The standard InChI is InChI=1S/C24H35N7O9/c25-14(5-8-18(26)33)21(36)29-15(6-9-19(27)34)22(37)30-16(7-10-20(28)35)23(38)31-17(24(39)40)11-12-1-3-13(32)4-2-12/h1-4,14-17,32H,5-11,25H2,(H2,26,33)(H2,27,34)(H2,28,35)(H,29,36)(H,30,37)(H,31,38)(H,39,40). The van der Waals surface area contributed by atoms with E-state index >= 15 is 0 Å². The number of nitrogens with two attached hydrogens (primary N) is 4. The van der Waals surface area contributed by atoms with E-state index < -0.39 is 65.6 Å². The summed E-state index contributed by atoms with van der Waals surface area (Å²) in [5.74, 6) is -6.47. The summed E-state index contributed by atoms with van der Waals surface area (Å²) in [6.07, 6.45) is -1.77. The Morgan fingerprint density at radius 1 is 0.650 bits per heavy atom. The van der Waals surface area contributed by atoms with Gasteiger partial charge in [0.25, 0.3) is 0 Å². The Kier molecular flexibility index (Phi) is 13.6. The van der Waals surface area contributed by atoms with Gasteiger partial charge in [0.1, 0.15) is 23.9 Å². The number of rotatable bonds is 18. The third kappa shape index (κ3) is 12.7. The van der Waals surface area contributed by atoms with Crippen LogP contribution < -0.4 is 38.9 Å². The van der Waals surface area contributed by atoms with E-state index in [1.165, 1.54) is 24.3 Å². The van der Waals surface area contributed by atoms with E-state index in [0.29, 0.717) is 5.56 Å². The van der Waals surface area contributed by atoms with Crippen LogP contribution >= 0.6 is 0 Å². The Morgan fingerprint density at radius 2 is 1.05 bits per heavy atom. The summed E-state index contributed by atoms with van der Waals surface area (Å²) >= 11 is 0. The third-order valence-corrected chi connectivity index (χ3v) is 5.65. The van der Waals surface area contributed by atoms with Gasteiger partial charge in [0.05, 0.1) is 6.04 Å². The highest BCUT2D eigenvalue weighted by Gasteiger charge is 2.31. The number of aliphatic carboxylic acids is 1. The molecule has 40 heavy (non-hydrogen) atoms. The molecule has 0 heterocycles. The molecule has 1 rings (SSSR count). The molecule has 4 atom stereocenters. The fourth-order valence-corrected chi connectivity index (χ4v) is 3.43. The molecule has 0 aliphatic carbocycles. The Balaban J connectivity index is 3.07. The molecule has 4 unspecified atom stereocenters. The molecule has 0 saturated heterocycles. The number of carbonyl (C=O) groups excluding carboxylic acids is 6. The zero-order chi connectivity index (χ0) is 30.4. The molecule has 16 heteroatoms. The molecular weight excluding hydrogens is 530 g/mol. The van der Waals surface area contributed by atoms with Crippen molar-refractivity contribution >= 4 is 41.4 Å². The molecule has 0 spiro atoms. The molecule has 0 fully saturated rings. The molecule has 13 N–H and O–H groups in total. The first-order valence-electron chi connectivity index (χ1n) is 12.2. The fraction of sp³-hybridized carbons (Fsp3) is 0.458. The molecule has 16 nitrogen and oxygen atoms in total. The number of hydrogen-bond donors (Lipinski definition) is 9. The van der Waals surface area contributed by atoms with Gasteiger partial charge in [-0.15, -0.1) is 0 Å². The second-order valence-corrected chi connectivity index (χ2v) is 9.01. The minimum atomic E-state index is -1.46. The van der Waals surface area contributed by atoms with E-state index in [2.05, 4.69) is 16.0 Å². The smallest absolute Gasteiger partial charge is 0.326 e. The van der Waals surface area contributed by atoms with Crippen molar-refractivity contribution < 1.29 is 43.8 Å². The Labute approximate surface area is 229 Å². The summed E-state index contributed by atoms with van der Waals surface area (Å²) in [7, 11) is 0. The van der Waals surface area contributed by atoms with Gasteiger partial charge in [-0.3, -0.25) is 28.8 Å². The van der Waals surface area contributed by atoms with Crippen LogP contribution in [-0.2, 0) is 40.0 Å². The molecule has 0 aliphatic rings. The maximum absolute atomic E-state index is 13.1. The van der Waals surface area contributed by atoms with Crippen molar-refractivity contribution in [1.82, 2.24) is 16.0 Å². The topological polar surface area (TPSA) is 300 Å². The SMILES string of the molecule is NC(=O)CCC(N)C(=O)NC(CCC(N)=O)C(=O)NC(CCC(N)=O)C(=O)NC(Cc1ccc(O)cc1)C(=O)O. The molecule has 0 saturated carbocycles. The van der Waals surface area contributed by atoms with Gasteiger partial charge in [-0.2, -0.15) is 0 Å². The monoisotopic (exact) mass is 565 g/mol. The van der Waals surface area contributed by atoms with Gasteiger partial charge in [0.2, 0.25) is 35.4 Å². The highest BCUT2D eigenvalue weighted by Crippen LogP contribution is 2.12. The van der Waals surface area contributed by atoms with Gasteiger partial charge in [-0.1, -0.05) is 12.1 Å². The number of carboxylic acids is 1. The van der Waals surface area contributed by atoms with Gasteiger partial charge >= 0.3 is 5.97 Å². The number of benzene rings is 1. The second-order valence-electron chi connectivity index (χ2n) is 9.01. The number of phenols is 1. The Morgan fingerprint density at radius 3 is 1.48 bits per heavy atom. The van der Waals surface area contributed by atoms with E-state index in [-0.39, 0.29) is 50.7 Å². The fourth-order valence-electron chi connectivity index (χ4n) is 3.43. The van der Waals surface area contributed by atoms with Crippen molar-refractivity contribution in [3.8, 4) is 5.75 Å². The highest BCUT2D eigenvalue weighted by molar-refractivity contribution is 5.94. The molecule has 220 valence electrons. The van der Waals surface area contributed by atoms with E-state index in [0.717, 1.165) is 0 Å². The summed E-state index contributed by atoms with van der Waals surface area (Å²) in [6, 6.07) is 0.0704. The number of amides is 6. The zero-order valence-electron chi connectivity index (χ0n) is 21.6. The summed E-state index contributed by atoms with van der Waals surface area (Å²) in [5, 5.41) is 26.0. The van der Waals surface area contributed by atoms with Crippen LogP contribution in [0.15, 0.2) is 24.3 Å². The minimum absolute atomic E-state index is 0.0410. The van der Waals surface area contributed by atoms with Crippen LogP contribution in [0.4, 0.5) is 0 Å². The van der Waals surface area contributed by atoms with Crippen molar-refractivity contribution in [3.63, 3.8) is 0 Å². The lowest BCUT2D eigenvalue weighted by molar-refractivity contribution is -0.142. The predicted molar refractivity (Wildman–Crippen MR) is 138 cm³/mol. The lowest BCUT2D eigenvalue weighted by atomic mass is 10.0. The summed E-state index contributed by atoms with van der Waals surface area (Å²) in [4.78, 5) is 83.9. The van der Waals surface area contributed by atoms with Crippen LogP contribution in [0, 0.1) is 0 Å². The van der Waals surface area contributed by atoms with E-state index in [1.807, 2.05) is 0 Å². The van der Waals surface area contributed by atoms with Crippen molar-refractivity contribution in [3.05, 3.63) is 29.8 Å². The number of carbonyl (C=O) groups is 7. The molecule has 1 aromatic carbocycles. The van der Waals surface area contributed by atoms with E-state index in [9.17, 15) is 43.8 Å². The van der Waals surface area contributed by atoms with E-state index in [4.69, 9.17) is 22.9 Å². The van der Waals surface area contributed by atoms with Crippen LogP contribution in [0.3, 0.4) is 0 Å². The normalized spacial score (nSPS) is 13.6. The number of hydrogen-bond acceptors (Lipinski definition) is 9. The lowest BCUT2D eigenvalue weighted by Gasteiger charge is -2.25. The average molecular weight is 566 g/mol. The van der Waals surface area contributed by atoms with Crippen molar-refractivity contribution in [2.75, 3.05) is 0 Å². The molecule has 0 bridgehead atoms. The molecule has 6 amide bonds. The van der Waals surface area contributed by atoms with Gasteiger partial charge in [-0.05, 0) is 37.0 Å². The first-order valence-corrected chi connectivity index (χ1v) is 12.2. The Hall–Kier alpha value is -4.73. The largest absolute Gasteiger partial charge is 0.508 e. The zero-order valence-corrected chi connectivity index (χ0v) is 21.6. The molecule has 1 aromatic rings. The molecule has 0 aromatic heterocycles. The first kappa shape index (κ1) is 33.3. The predicted octanol–water partition coefficient (Wildman–Crippen LogP) is -3.40. The van der Waals surface area contributed by atoms with Crippen molar-refractivity contribution in [2.24, 2.45) is 22.9 Å². The quantitative estimate of drug-likeness (QED) is 0.0849. The highest BCUT2D eigenvalue weighted by atomic mass is 16.4. The van der Waals surface area contributed by atoms with Crippen molar-refractivity contribution in [2.45, 2.75) is 69.1 Å². The number of carboxylic acid groups (broad SMARTS) is 1. The van der Waals surface area contributed by atoms with Crippen LogP contribution in [0.1, 0.15) is 44.1 Å². The summed E-state index contributed by atoms with van der Waals surface area (Å²) < 4.78 is 0. The maximum atomic E-state index is 13.1.